The van der Waals surface area contributed by atoms with Crippen LogP contribution in [0.4, 0.5) is 0 Å². The van der Waals surface area contributed by atoms with Gasteiger partial charge in [0, 0.05) is 13.1 Å². The summed E-state index contributed by atoms with van der Waals surface area (Å²) in [5.74, 6) is 0. The Bertz CT molecular complexity index is 261. The largest absolute Gasteiger partial charge is 0.373 e. The van der Waals surface area contributed by atoms with Crippen molar-refractivity contribution in [1.82, 2.24) is 14.7 Å². The van der Waals surface area contributed by atoms with Gasteiger partial charge in [0.1, 0.15) is 5.66 Å². The van der Waals surface area contributed by atoms with Crippen molar-refractivity contribution in [3.63, 3.8) is 0 Å². The molecule has 0 amide bonds. The predicted octanol–water partition coefficient (Wildman–Crippen LogP) is 2.61. The summed E-state index contributed by atoms with van der Waals surface area (Å²) in [7, 11) is 0. The second-order valence-electron chi connectivity index (χ2n) is 4.77. The van der Waals surface area contributed by atoms with Crippen molar-refractivity contribution < 1.29 is 0 Å². The zero-order valence-electron chi connectivity index (χ0n) is 13.2. The fourth-order valence-electron chi connectivity index (χ4n) is 3.16. The Morgan fingerprint density at radius 3 is 1.39 bits per heavy atom. The molecule has 0 atom stereocenters. The van der Waals surface area contributed by atoms with Crippen molar-refractivity contribution in [2.24, 2.45) is 0 Å². The number of likely N-dealkylation sites (N-methyl/N-ethyl adjacent to an activating group) is 3. The zero-order valence-corrected chi connectivity index (χ0v) is 13.2. The van der Waals surface area contributed by atoms with Gasteiger partial charge in [0.05, 0.1) is 5.70 Å². The van der Waals surface area contributed by atoms with Crippen LogP contribution in [0.15, 0.2) is 11.8 Å². The molecule has 18 heavy (non-hydrogen) atoms. The highest BCUT2D eigenvalue weighted by atomic mass is 15.5. The molecular weight excluding hydrogens is 222 g/mol. The Morgan fingerprint density at radius 2 is 1.11 bits per heavy atom. The molecule has 0 fully saturated rings. The third-order valence-electron chi connectivity index (χ3n) is 4.23. The molecule has 1 aliphatic rings. The zero-order chi connectivity index (χ0) is 13.8. The molecule has 0 aromatic carbocycles. The Balaban J connectivity index is 2.94. The minimum absolute atomic E-state index is 0.110. The molecule has 0 saturated carbocycles. The summed E-state index contributed by atoms with van der Waals surface area (Å²) < 4.78 is 0. The first kappa shape index (κ1) is 15.5. The SMILES string of the molecule is CCN(CC)C1=CC1(N(CC)CC)N(CC)CC. The maximum atomic E-state index is 2.58. The van der Waals surface area contributed by atoms with E-state index in [1.807, 2.05) is 0 Å². The average molecular weight is 253 g/mol. The van der Waals surface area contributed by atoms with E-state index >= 15 is 0 Å². The molecule has 0 aromatic heterocycles. The Labute approximate surface area is 113 Å². The molecule has 0 saturated heterocycles. The molecule has 0 unspecified atom stereocenters. The molecule has 0 aromatic rings. The minimum atomic E-state index is 0.110. The molecule has 0 heterocycles. The maximum absolute atomic E-state index is 2.58. The molecule has 0 radical (unpaired) electrons. The van der Waals surface area contributed by atoms with Crippen LogP contribution in [0.25, 0.3) is 0 Å². The van der Waals surface area contributed by atoms with Gasteiger partial charge >= 0.3 is 0 Å². The van der Waals surface area contributed by atoms with E-state index in [1.165, 1.54) is 5.70 Å². The second kappa shape index (κ2) is 6.58. The van der Waals surface area contributed by atoms with Crippen molar-refractivity contribution in [3.05, 3.63) is 11.8 Å². The fourth-order valence-corrected chi connectivity index (χ4v) is 3.16. The second-order valence-corrected chi connectivity index (χ2v) is 4.77. The molecule has 106 valence electrons. The first-order valence-corrected chi connectivity index (χ1v) is 7.64. The highest BCUT2D eigenvalue weighted by Crippen LogP contribution is 2.45. The Kier molecular flexibility index (Phi) is 5.67. The number of hydrogen-bond donors (Lipinski definition) is 0. The highest BCUT2D eigenvalue weighted by Gasteiger charge is 2.53. The van der Waals surface area contributed by atoms with E-state index in [9.17, 15) is 0 Å². The van der Waals surface area contributed by atoms with Crippen LogP contribution >= 0.6 is 0 Å². The summed E-state index contributed by atoms with van der Waals surface area (Å²) >= 11 is 0. The van der Waals surface area contributed by atoms with E-state index in [0.717, 1.165) is 39.3 Å². The maximum Gasteiger partial charge on any atom is 0.136 e. The Morgan fingerprint density at radius 1 is 0.722 bits per heavy atom. The molecule has 1 aliphatic carbocycles. The number of rotatable bonds is 9. The Hall–Kier alpha value is -0.540. The van der Waals surface area contributed by atoms with Gasteiger partial charge < -0.3 is 4.90 Å². The van der Waals surface area contributed by atoms with E-state index in [1.54, 1.807) is 0 Å². The molecule has 0 bridgehead atoms. The summed E-state index contributed by atoms with van der Waals surface area (Å²) in [5.41, 5.74) is 1.62. The quantitative estimate of drug-likeness (QED) is 0.585. The van der Waals surface area contributed by atoms with Crippen LogP contribution in [0.5, 0.6) is 0 Å². The van der Waals surface area contributed by atoms with Gasteiger partial charge in [-0.15, -0.1) is 0 Å². The van der Waals surface area contributed by atoms with E-state index in [2.05, 4.69) is 62.3 Å². The van der Waals surface area contributed by atoms with Gasteiger partial charge in [-0.3, -0.25) is 9.80 Å². The van der Waals surface area contributed by atoms with Crippen molar-refractivity contribution in [2.45, 2.75) is 47.2 Å². The van der Waals surface area contributed by atoms with Crippen molar-refractivity contribution in [1.29, 1.82) is 0 Å². The van der Waals surface area contributed by atoms with Crippen LogP contribution in [0, 0.1) is 0 Å². The smallest absolute Gasteiger partial charge is 0.136 e. The van der Waals surface area contributed by atoms with E-state index in [0.29, 0.717) is 0 Å². The molecule has 3 heteroatoms. The van der Waals surface area contributed by atoms with E-state index < -0.39 is 0 Å². The fraction of sp³-hybridized carbons (Fsp3) is 0.867. The highest BCUT2D eigenvalue weighted by molar-refractivity contribution is 5.44. The summed E-state index contributed by atoms with van der Waals surface area (Å²) in [6.45, 7) is 20.2. The van der Waals surface area contributed by atoms with Crippen molar-refractivity contribution in [3.8, 4) is 0 Å². The summed E-state index contributed by atoms with van der Waals surface area (Å²) in [6, 6.07) is 0. The molecule has 0 N–H and O–H groups in total. The molecular formula is C15H31N3. The molecule has 0 aliphatic heterocycles. The number of nitrogens with zero attached hydrogens (tertiary/aromatic N) is 3. The minimum Gasteiger partial charge on any atom is -0.373 e. The summed E-state index contributed by atoms with van der Waals surface area (Å²) in [6.07, 6.45) is 2.46. The van der Waals surface area contributed by atoms with Crippen LogP contribution in [0.1, 0.15) is 41.5 Å². The van der Waals surface area contributed by atoms with Crippen LogP contribution in [0.2, 0.25) is 0 Å². The van der Waals surface area contributed by atoms with E-state index in [-0.39, 0.29) is 5.66 Å². The standard InChI is InChI=1S/C15H31N3/c1-7-16(8-2)14-13-15(14,17(9-3)10-4)18(11-5)12-6/h13H,7-12H2,1-6H3. The number of hydrogen-bond acceptors (Lipinski definition) is 3. The van der Waals surface area contributed by atoms with Gasteiger partial charge in [-0.1, -0.05) is 27.7 Å². The third kappa shape index (κ3) is 2.43. The van der Waals surface area contributed by atoms with Crippen LogP contribution < -0.4 is 0 Å². The van der Waals surface area contributed by atoms with Gasteiger partial charge in [-0.25, -0.2) is 0 Å². The summed E-state index contributed by atoms with van der Waals surface area (Å²) in [4.78, 5) is 7.65. The van der Waals surface area contributed by atoms with Crippen molar-refractivity contribution >= 4 is 0 Å². The van der Waals surface area contributed by atoms with Crippen molar-refractivity contribution in [2.75, 3.05) is 39.3 Å². The topological polar surface area (TPSA) is 9.72 Å². The van der Waals surface area contributed by atoms with Gasteiger partial charge in [0.15, 0.2) is 0 Å². The lowest BCUT2D eigenvalue weighted by atomic mass is 10.2. The lowest BCUT2D eigenvalue weighted by Gasteiger charge is -2.42. The molecule has 3 nitrogen and oxygen atoms in total. The van der Waals surface area contributed by atoms with Crippen LogP contribution in [0.3, 0.4) is 0 Å². The molecule has 1 rings (SSSR count). The lowest BCUT2D eigenvalue weighted by molar-refractivity contribution is 0.0362. The first-order valence-electron chi connectivity index (χ1n) is 7.64. The van der Waals surface area contributed by atoms with Gasteiger partial charge in [0.2, 0.25) is 0 Å². The lowest BCUT2D eigenvalue weighted by Crippen LogP contribution is -2.54. The predicted molar refractivity (Wildman–Crippen MR) is 79.6 cm³/mol. The van der Waals surface area contributed by atoms with Gasteiger partial charge in [0.25, 0.3) is 0 Å². The summed E-state index contributed by atoms with van der Waals surface area (Å²) in [5, 5.41) is 0. The first-order chi connectivity index (χ1) is 8.65. The van der Waals surface area contributed by atoms with E-state index in [4.69, 9.17) is 0 Å². The van der Waals surface area contributed by atoms with Crippen LogP contribution in [-0.2, 0) is 0 Å². The monoisotopic (exact) mass is 253 g/mol. The van der Waals surface area contributed by atoms with Gasteiger partial charge in [-0.2, -0.15) is 0 Å². The average Bonchev–Trinajstić information content (AvgIpc) is 3.10. The van der Waals surface area contributed by atoms with Gasteiger partial charge in [-0.05, 0) is 46.1 Å². The molecule has 0 spiro atoms. The van der Waals surface area contributed by atoms with Crippen LogP contribution in [-0.4, -0.2) is 59.6 Å². The third-order valence-corrected chi connectivity index (χ3v) is 4.23. The normalized spacial score (nSPS) is 17.2.